The van der Waals surface area contributed by atoms with Gasteiger partial charge in [0.1, 0.15) is 0 Å². The first-order valence-corrected chi connectivity index (χ1v) is 6.84. The lowest BCUT2D eigenvalue weighted by Crippen LogP contribution is -2.34. The Morgan fingerprint density at radius 3 is 2.65 bits per heavy atom. The van der Waals surface area contributed by atoms with Crippen LogP contribution < -0.4 is 5.32 Å². The second-order valence-electron chi connectivity index (χ2n) is 5.69. The molecular weight excluding hydrogens is 260 g/mol. The van der Waals surface area contributed by atoms with Crippen molar-refractivity contribution in [1.82, 2.24) is 10.5 Å². The average molecular weight is 282 g/mol. The fourth-order valence-corrected chi connectivity index (χ4v) is 1.84. The Labute approximate surface area is 118 Å². The lowest BCUT2D eigenvalue weighted by atomic mass is 9.87. The zero-order valence-electron chi connectivity index (χ0n) is 12.2. The third-order valence-corrected chi connectivity index (χ3v) is 3.14. The molecule has 112 valence electrons. The highest BCUT2D eigenvalue weighted by Gasteiger charge is 2.21. The SMILES string of the molecule is CCCCCC(C)(C)CNC(=O)c1cc(C(=O)O)on1. The van der Waals surface area contributed by atoms with Gasteiger partial charge in [0.2, 0.25) is 5.76 Å². The quantitative estimate of drug-likeness (QED) is 0.715. The molecule has 0 aliphatic carbocycles. The van der Waals surface area contributed by atoms with Gasteiger partial charge in [0.25, 0.3) is 5.91 Å². The number of carbonyl (C=O) groups excluding carboxylic acids is 1. The number of hydrogen-bond donors (Lipinski definition) is 2. The summed E-state index contributed by atoms with van der Waals surface area (Å²) in [7, 11) is 0. The van der Waals surface area contributed by atoms with E-state index >= 15 is 0 Å². The van der Waals surface area contributed by atoms with Crippen molar-refractivity contribution < 1.29 is 19.2 Å². The predicted molar refractivity (Wildman–Crippen MR) is 73.7 cm³/mol. The van der Waals surface area contributed by atoms with E-state index in [-0.39, 0.29) is 16.9 Å². The molecule has 0 fully saturated rings. The Morgan fingerprint density at radius 2 is 2.10 bits per heavy atom. The number of carbonyl (C=O) groups is 2. The number of unbranched alkanes of at least 4 members (excludes halogenated alkanes) is 2. The first-order chi connectivity index (χ1) is 9.35. The van der Waals surface area contributed by atoms with Crippen molar-refractivity contribution in [2.75, 3.05) is 6.54 Å². The zero-order chi connectivity index (χ0) is 15.2. The van der Waals surface area contributed by atoms with E-state index in [1.165, 1.54) is 12.8 Å². The van der Waals surface area contributed by atoms with E-state index in [1.807, 2.05) is 0 Å². The van der Waals surface area contributed by atoms with Crippen LogP contribution in [0.3, 0.4) is 0 Å². The molecule has 1 heterocycles. The summed E-state index contributed by atoms with van der Waals surface area (Å²) in [6, 6.07) is 1.13. The molecule has 0 aromatic carbocycles. The van der Waals surface area contributed by atoms with E-state index < -0.39 is 11.9 Å². The van der Waals surface area contributed by atoms with Crippen molar-refractivity contribution in [3.8, 4) is 0 Å². The van der Waals surface area contributed by atoms with Crippen molar-refractivity contribution in [2.45, 2.75) is 46.5 Å². The summed E-state index contributed by atoms with van der Waals surface area (Å²) in [5.74, 6) is -1.99. The summed E-state index contributed by atoms with van der Waals surface area (Å²) in [4.78, 5) is 22.5. The first kappa shape index (κ1) is 16.2. The van der Waals surface area contributed by atoms with Crippen molar-refractivity contribution >= 4 is 11.9 Å². The number of carboxylic acid groups (broad SMARTS) is 1. The van der Waals surface area contributed by atoms with Crippen molar-refractivity contribution in [3.05, 3.63) is 17.5 Å². The van der Waals surface area contributed by atoms with E-state index in [9.17, 15) is 9.59 Å². The van der Waals surface area contributed by atoms with Gasteiger partial charge in [0, 0.05) is 12.6 Å². The van der Waals surface area contributed by atoms with E-state index in [4.69, 9.17) is 5.11 Å². The Bertz CT molecular complexity index is 465. The normalized spacial score (nSPS) is 11.3. The molecule has 20 heavy (non-hydrogen) atoms. The molecular formula is C14H22N2O4. The maximum Gasteiger partial charge on any atom is 0.374 e. The monoisotopic (exact) mass is 282 g/mol. The van der Waals surface area contributed by atoms with E-state index in [0.29, 0.717) is 6.54 Å². The third-order valence-electron chi connectivity index (χ3n) is 3.14. The van der Waals surface area contributed by atoms with Gasteiger partial charge in [-0.1, -0.05) is 45.2 Å². The topological polar surface area (TPSA) is 92.4 Å². The number of hydrogen-bond acceptors (Lipinski definition) is 4. The Balaban J connectivity index is 2.47. The minimum absolute atomic E-state index is 0.00416. The second kappa shape index (κ2) is 7.07. The van der Waals surface area contributed by atoms with E-state index in [1.54, 1.807) is 0 Å². The van der Waals surface area contributed by atoms with Crippen LogP contribution in [-0.2, 0) is 0 Å². The summed E-state index contributed by atoms with van der Waals surface area (Å²) in [6.07, 6.45) is 4.51. The van der Waals surface area contributed by atoms with Gasteiger partial charge in [-0.25, -0.2) is 4.79 Å². The van der Waals surface area contributed by atoms with Crippen LogP contribution >= 0.6 is 0 Å². The predicted octanol–water partition coefficient (Wildman–Crippen LogP) is 2.71. The van der Waals surface area contributed by atoms with Crippen LogP contribution in [0.5, 0.6) is 0 Å². The molecule has 0 aliphatic heterocycles. The van der Waals surface area contributed by atoms with E-state index in [0.717, 1.165) is 18.9 Å². The number of rotatable bonds is 8. The minimum atomic E-state index is -1.24. The van der Waals surface area contributed by atoms with Crippen molar-refractivity contribution in [2.24, 2.45) is 5.41 Å². The maximum atomic E-state index is 11.8. The Morgan fingerprint density at radius 1 is 1.40 bits per heavy atom. The van der Waals surface area contributed by atoms with Crippen LogP contribution in [0, 0.1) is 5.41 Å². The van der Waals surface area contributed by atoms with Crippen LogP contribution in [0.4, 0.5) is 0 Å². The summed E-state index contributed by atoms with van der Waals surface area (Å²) >= 11 is 0. The smallest absolute Gasteiger partial charge is 0.374 e. The van der Waals surface area contributed by atoms with Gasteiger partial charge < -0.3 is 14.9 Å². The van der Waals surface area contributed by atoms with Gasteiger partial charge in [-0.05, 0) is 11.8 Å². The zero-order valence-corrected chi connectivity index (χ0v) is 12.2. The molecule has 6 nitrogen and oxygen atoms in total. The van der Waals surface area contributed by atoms with Crippen LogP contribution in [0.2, 0.25) is 0 Å². The number of amides is 1. The molecule has 0 atom stereocenters. The number of carboxylic acids is 1. The van der Waals surface area contributed by atoms with Crippen molar-refractivity contribution in [3.63, 3.8) is 0 Å². The largest absolute Gasteiger partial charge is 0.475 e. The molecule has 1 aromatic heterocycles. The molecule has 0 bridgehead atoms. The summed E-state index contributed by atoms with van der Waals surface area (Å²) in [5, 5.41) is 14.9. The highest BCUT2D eigenvalue weighted by molar-refractivity contribution is 5.94. The van der Waals surface area contributed by atoms with Crippen LogP contribution in [0.25, 0.3) is 0 Å². The van der Waals surface area contributed by atoms with Gasteiger partial charge in [-0.2, -0.15) is 0 Å². The lowest BCUT2D eigenvalue weighted by molar-refractivity contribution is 0.0651. The highest BCUT2D eigenvalue weighted by atomic mass is 16.5. The highest BCUT2D eigenvalue weighted by Crippen LogP contribution is 2.22. The standard InChI is InChI=1S/C14H22N2O4/c1-4-5-6-7-14(2,3)9-15-12(17)10-8-11(13(18)19)20-16-10/h8H,4-7,9H2,1-3H3,(H,15,17)(H,18,19). The molecule has 0 saturated heterocycles. The van der Waals surface area contributed by atoms with Gasteiger partial charge in [0.15, 0.2) is 5.69 Å². The lowest BCUT2D eigenvalue weighted by Gasteiger charge is -2.24. The van der Waals surface area contributed by atoms with Gasteiger partial charge in [0.05, 0.1) is 0 Å². The number of aromatic nitrogens is 1. The molecule has 0 spiro atoms. The first-order valence-electron chi connectivity index (χ1n) is 6.84. The Kier molecular flexibility index (Phi) is 5.73. The third kappa shape index (κ3) is 5.03. The fourth-order valence-electron chi connectivity index (χ4n) is 1.84. The molecule has 1 rings (SSSR count). The van der Waals surface area contributed by atoms with Gasteiger partial charge in [-0.15, -0.1) is 0 Å². The van der Waals surface area contributed by atoms with Gasteiger partial charge >= 0.3 is 5.97 Å². The molecule has 6 heteroatoms. The molecule has 0 aliphatic rings. The van der Waals surface area contributed by atoms with Crippen LogP contribution in [0.1, 0.15) is 67.5 Å². The number of aromatic carboxylic acids is 1. The molecule has 0 unspecified atom stereocenters. The summed E-state index contributed by atoms with van der Waals surface area (Å²) < 4.78 is 4.55. The van der Waals surface area contributed by atoms with E-state index in [2.05, 4.69) is 35.8 Å². The van der Waals surface area contributed by atoms with Crippen LogP contribution in [0.15, 0.2) is 10.6 Å². The molecule has 2 N–H and O–H groups in total. The molecule has 1 aromatic rings. The summed E-state index contributed by atoms with van der Waals surface area (Å²) in [5.41, 5.74) is -0.00347. The van der Waals surface area contributed by atoms with Gasteiger partial charge in [-0.3, -0.25) is 4.79 Å². The number of nitrogens with zero attached hydrogens (tertiary/aromatic N) is 1. The average Bonchev–Trinajstić information content (AvgIpc) is 2.86. The van der Waals surface area contributed by atoms with Crippen LogP contribution in [-0.4, -0.2) is 28.7 Å². The second-order valence-corrected chi connectivity index (χ2v) is 5.69. The number of nitrogens with one attached hydrogen (secondary N) is 1. The maximum absolute atomic E-state index is 11.8. The molecule has 0 saturated carbocycles. The summed E-state index contributed by atoms with van der Waals surface area (Å²) in [6.45, 7) is 6.85. The molecule has 1 amide bonds. The minimum Gasteiger partial charge on any atom is -0.475 e. The molecule has 0 radical (unpaired) electrons. The fraction of sp³-hybridized carbons (Fsp3) is 0.643. The van der Waals surface area contributed by atoms with Crippen molar-refractivity contribution in [1.29, 1.82) is 0 Å². The Hall–Kier alpha value is -1.85.